The van der Waals surface area contributed by atoms with Gasteiger partial charge in [0, 0.05) is 18.8 Å². The Morgan fingerprint density at radius 2 is 1.72 bits per heavy atom. The van der Waals surface area contributed by atoms with E-state index < -0.39 is 0 Å². The topological polar surface area (TPSA) is 59.9 Å². The monoisotopic (exact) mass is 410 g/mol. The first-order chi connectivity index (χ1) is 14.2. The fourth-order valence-corrected chi connectivity index (χ4v) is 4.17. The van der Waals surface area contributed by atoms with Gasteiger partial charge in [0.05, 0.1) is 22.9 Å². The van der Waals surface area contributed by atoms with Gasteiger partial charge in [-0.3, -0.25) is 0 Å². The van der Waals surface area contributed by atoms with E-state index in [0.717, 1.165) is 45.6 Å². The molecule has 2 heterocycles. The molecular weight excluding hydrogens is 380 g/mol. The molecule has 0 spiro atoms. The van der Waals surface area contributed by atoms with Crippen LogP contribution in [0.25, 0.3) is 21.1 Å². The van der Waals surface area contributed by atoms with Crippen molar-refractivity contribution in [3.63, 3.8) is 0 Å². The fourth-order valence-electron chi connectivity index (χ4n) is 3.13. The third-order valence-electron chi connectivity index (χ3n) is 4.78. The van der Waals surface area contributed by atoms with Crippen LogP contribution in [0.1, 0.15) is 51.1 Å². The minimum absolute atomic E-state index is 0.615. The molecule has 3 rings (SSSR count). The van der Waals surface area contributed by atoms with E-state index in [1.165, 1.54) is 32.1 Å². The number of hydrogen-bond acceptors (Lipinski definition) is 6. The predicted molar refractivity (Wildman–Crippen MR) is 122 cm³/mol. The number of anilines is 1. The van der Waals surface area contributed by atoms with E-state index in [-0.39, 0.29) is 0 Å². The number of aromatic nitrogens is 3. The molecule has 0 unspecified atom stereocenters. The van der Waals surface area contributed by atoms with Crippen LogP contribution in [0.4, 0.5) is 5.95 Å². The number of ether oxygens (including phenoxy) is 1. The number of rotatable bonds is 11. The number of nitrogens with zero attached hydrogens (tertiary/aromatic N) is 3. The molecule has 1 N–H and O–H groups in total. The maximum Gasteiger partial charge on any atom is 0.222 e. The van der Waals surface area contributed by atoms with Crippen LogP contribution in [0.2, 0.25) is 0 Å². The van der Waals surface area contributed by atoms with Crippen molar-refractivity contribution < 1.29 is 4.74 Å². The molecule has 29 heavy (non-hydrogen) atoms. The largest absolute Gasteiger partial charge is 0.494 e. The van der Waals surface area contributed by atoms with Gasteiger partial charge in [-0.15, -0.1) is 11.3 Å². The molecule has 0 atom stereocenters. The zero-order valence-corrected chi connectivity index (χ0v) is 18.4. The van der Waals surface area contributed by atoms with Crippen molar-refractivity contribution in [2.45, 2.75) is 52.4 Å². The lowest BCUT2D eigenvalue weighted by Gasteiger charge is -2.06. The summed E-state index contributed by atoms with van der Waals surface area (Å²) in [6, 6.07) is 10.2. The average Bonchev–Trinajstić information content (AvgIpc) is 3.15. The van der Waals surface area contributed by atoms with Gasteiger partial charge in [-0.2, -0.15) is 0 Å². The molecule has 5 nitrogen and oxygen atoms in total. The Bertz CT molecular complexity index is 892. The van der Waals surface area contributed by atoms with Crippen LogP contribution in [-0.4, -0.2) is 28.6 Å². The van der Waals surface area contributed by atoms with Crippen LogP contribution in [-0.2, 0) is 0 Å². The summed E-state index contributed by atoms with van der Waals surface area (Å²) in [6.45, 7) is 5.05. The first-order valence-corrected chi connectivity index (χ1v) is 11.2. The summed E-state index contributed by atoms with van der Waals surface area (Å²) in [7, 11) is 1.82. The lowest BCUT2D eigenvalue weighted by atomic mass is 10.1. The van der Waals surface area contributed by atoms with E-state index in [4.69, 9.17) is 9.72 Å². The van der Waals surface area contributed by atoms with Gasteiger partial charge in [-0.25, -0.2) is 15.0 Å². The molecule has 0 aliphatic heterocycles. The zero-order valence-electron chi connectivity index (χ0n) is 17.6. The Morgan fingerprint density at radius 1 is 0.966 bits per heavy atom. The van der Waals surface area contributed by atoms with Crippen LogP contribution in [0.3, 0.4) is 0 Å². The van der Waals surface area contributed by atoms with Crippen molar-refractivity contribution in [2.24, 2.45) is 0 Å². The summed E-state index contributed by atoms with van der Waals surface area (Å²) in [4.78, 5) is 14.5. The zero-order chi connectivity index (χ0) is 20.5. The van der Waals surface area contributed by atoms with Crippen LogP contribution in [0, 0.1) is 6.92 Å². The van der Waals surface area contributed by atoms with Crippen LogP contribution in [0.15, 0.2) is 36.5 Å². The summed E-state index contributed by atoms with van der Waals surface area (Å²) >= 11 is 1.65. The molecule has 0 aliphatic carbocycles. The average molecular weight is 411 g/mol. The van der Waals surface area contributed by atoms with Gasteiger partial charge < -0.3 is 10.1 Å². The lowest BCUT2D eigenvalue weighted by Crippen LogP contribution is -1.97. The highest BCUT2D eigenvalue weighted by Crippen LogP contribution is 2.35. The molecule has 0 amide bonds. The van der Waals surface area contributed by atoms with Gasteiger partial charge in [-0.1, -0.05) is 39.0 Å². The summed E-state index contributed by atoms with van der Waals surface area (Å²) in [6.07, 6.45) is 9.41. The smallest absolute Gasteiger partial charge is 0.222 e. The molecule has 1 aromatic carbocycles. The second-order valence-corrected chi connectivity index (χ2v) is 8.09. The van der Waals surface area contributed by atoms with Gasteiger partial charge in [0.15, 0.2) is 0 Å². The molecule has 6 heteroatoms. The van der Waals surface area contributed by atoms with E-state index in [1.54, 1.807) is 17.5 Å². The Hall–Kier alpha value is -2.47. The number of thiazole rings is 1. The van der Waals surface area contributed by atoms with Crippen molar-refractivity contribution in [1.82, 2.24) is 15.0 Å². The summed E-state index contributed by atoms with van der Waals surface area (Å²) in [5.74, 6) is 1.54. The van der Waals surface area contributed by atoms with Crippen molar-refractivity contribution in [1.29, 1.82) is 0 Å². The number of unbranched alkanes of at least 4 members (excludes halogenated alkanes) is 5. The third-order valence-corrected chi connectivity index (χ3v) is 6.01. The van der Waals surface area contributed by atoms with Gasteiger partial charge in [0.1, 0.15) is 10.8 Å². The third kappa shape index (κ3) is 6.00. The SMILES string of the molecule is CCCCCCCCOc1ccc(-c2nc(C)c(-c3ccnc(NC)n3)s2)cc1. The molecule has 0 bridgehead atoms. The van der Waals surface area contributed by atoms with Crippen molar-refractivity contribution in [3.8, 4) is 26.9 Å². The number of aryl methyl sites for hydroxylation is 1. The lowest BCUT2D eigenvalue weighted by molar-refractivity contribution is 0.304. The van der Waals surface area contributed by atoms with Gasteiger partial charge in [0.2, 0.25) is 5.95 Å². The van der Waals surface area contributed by atoms with Gasteiger partial charge in [0.25, 0.3) is 0 Å². The van der Waals surface area contributed by atoms with Crippen molar-refractivity contribution in [3.05, 3.63) is 42.2 Å². The molecule has 3 aromatic rings. The van der Waals surface area contributed by atoms with Crippen molar-refractivity contribution >= 4 is 17.3 Å². The maximum absolute atomic E-state index is 5.89. The summed E-state index contributed by atoms with van der Waals surface area (Å²) in [5, 5.41) is 3.97. The minimum atomic E-state index is 0.615. The van der Waals surface area contributed by atoms with Crippen LogP contribution in [0.5, 0.6) is 5.75 Å². The van der Waals surface area contributed by atoms with Gasteiger partial charge >= 0.3 is 0 Å². The standard InChI is InChI=1S/C23H30N4OS/c1-4-5-6-7-8-9-16-28-19-12-10-18(11-13-19)22-26-17(2)21(29-22)20-14-15-25-23(24-3)27-20/h10-15H,4-9,16H2,1-3H3,(H,24,25,27). The first-order valence-electron chi connectivity index (χ1n) is 10.4. The van der Waals surface area contributed by atoms with Gasteiger partial charge in [-0.05, 0) is 43.7 Å². The predicted octanol–water partition coefficient (Wildman–Crippen LogP) is 6.36. The highest BCUT2D eigenvalue weighted by Gasteiger charge is 2.13. The Balaban J connectivity index is 1.59. The van der Waals surface area contributed by atoms with E-state index >= 15 is 0 Å². The highest BCUT2D eigenvalue weighted by atomic mass is 32.1. The highest BCUT2D eigenvalue weighted by molar-refractivity contribution is 7.18. The molecule has 0 fully saturated rings. The number of benzene rings is 1. The second-order valence-electron chi connectivity index (χ2n) is 7.09. The molecule has 2 aromatic heterocycles. The Kier molecular flexibility index (Phi) is 7.99. The van der Waals surface area contributed by atoms with E-state index in [9.17, 15) is 0 Å². The van der Waals surface area contributed by atoms with E-state index in [0.29, 0.717) is 5.95 Å². The molecule has 0 aliphatic rings. The number of hydrogen-bond donors (Lipinski definition) is 1. The van der Waals surface area contributed by atoms with Crippen LogP contribution < -0.4 is 10.1 Å². The van der Waals surface area contributed by atoms with E-state index in [1.807, 2.05) is 32.2 Å². The molecule has 154 valence electrons. The molecular formula is C23H30N4OS. The van der Waals surface area contributed by atoms with E-state index in [2.05, 4.69) is 34.3 Å². The second kappa shape index (κ2) is 10.9. The molecule has 0 radical (unpaired) electrons. The maximum atomic E-state index is 5.89. The first kappa shape index (κ1) is 21.2. The molecule has 0 saturated heterocycles. The quantitative estimate of drug-likeness (QED) is 0.373. The summed E-state index contributed by atoms with van der Waals surface area (Å²) in [5.41, 5.74) is 2.97. The fraction of sp³-hybridized carbons (Fsp3) is 0.435. The van der Waals surface area contributed by atoms with Crippen molar-refractivity contribution in [2.75, 3.05) is 19.0 Å². The normalized spacial score (nSPS) is 10.9. The summed E-state index contributed by atoms with van der Waals surface area (Å²) < 4.78 is 5.89. The molecule has 0 saturated carbocycles. The number of nitrogens with one attached hydrogen (secondary N) is 1. The minimum Gasteiger partial charge on any atom is -0.494 e. The Morgan fingerprint density at radius 3 is 2.48 bits per heavy atom. The van der Waals surface area contributed by atoms with Crippen LogP contribution >= 0.6 is 11.3 Å². The Labute approximate surface area is 177 Å².